The van der Waals surface area contributed by atoms with E-state index in [-0.39, 0.29) is 7.43 Å². The summed E-state index contributed by atoms with van der Waals surface area (Å²) in [5.74, 6) is 0.945. The first kappa shape index (κ1) is 11.0. The van der Waals surface area contributed by atoms with Crippen LogP contribution in [-0.2, 0) is 0 Å². The van der Waals surface area contributed by atoms with Gasteiger partial charge in [0.2, 0.25) is 0 Å². The molecule has 1 aromatic heterocycles. The number of aromatic amines is 1. The van der Waals surface area contributed by atoms with E-state index in [1.54, 1.807) is 0 Å². The van der Waals surface area contributed by atoms with Gasteiger partial charge in [0.1, 0.15) is 5.82 Å². The fraction of sp³-hybridized carbons (Fsp3) is 0.667. The van der Waals surface area contributed by atoms with Crippen molar-refractivity contribution in [2.45, 2.75) is 33.6 Å². The smallest absolute Gasteiger partial charge is 0.147 e. The topological polar surface area (TPSA) is 40.7 Å². The predicted molar refractivity (Wildman–Crippen MR) is 53.3 cm³/mol. The Balaban J connectivity index is 0.00000121. The average molecular weight is 169 g/mol. The lowest BCUT2D eigenvalue weighted by molar-refractivity contribution is 0.742. The highest BCUT2D eigenvalue weighted by Crippen LogP contribution is 1.99. The zero-order valence-electron chi connectivity index (χ0n) is 6.93. The molecule has 0 aliphatic rings. The van der Waals surface area contributed by atoms with Gasteiger partial charge in [-0.05, 0) is 12.5 Å². The third kappa shape index (κ3) is 4.01. The van der Waals surface area contributed by atoms with Gasteiger partial charge in [0, 0.05) is 12.7 Å². The highest BCUT2D eigenvalue weighted by Gasteiger charge is 1.90. The largest absolute Gasteiger partial charge is 0.369 e. The SMILES string of the molecule is C.CCCCCNc1cc[nH]n1. The molecule has 0 saturated heterocycles. The molecule has 0 fully saturated rings. The van der Waals surface area contributed by atoms with Crippen molar-refractivity contribution in [1.82, 2.24) is 10.2 Å². The van der Waals surface area contributed by atoms with Crippen LogP contribution in [0, 0.1) is 0 Å². The molecule has 0 amide bonds. The molecule has 1 aromatic rings. The Hall–Kier alpha value is -0.990. The Labute approximate surface area is 74.6 Å². The van der Waals surface area contributed by atoms with Gasteiger partial charge >= 0.3 is 0 Å². The van der Waals surface area contributed by atoms with Crippen molar-refractivity contribution in [3.8, 4) is 0 Å². The van der Waals surface area contributed by atoms with Crippen molar-refractivity contribution in [3.05, 3.63) is 12.3 Å². The van der Waals surface area contributed by atoms with E-state index in [0.717, 1.165) is 12.4 Å². The van der Waals surface area contributed by atoms with Crippen LogP contribution in [0.4, 0.5) is 5.82 Å². The quantitative estimate of drug-likeness (QED) is 0.665. The summed E-state index contributed by atoms with van der Waals surface area (Å²) in [6.45, 7) is 3.23. The van der Waals surface area contributed by atoms with Gasteiger partial charge in [-0.15, -0.1) is 0 Å². The maximum Gasteiger partial charge on any atom is 0.147 e. The maximum atomic E-state index is 3.98. The molecule has 0 bridgehead atoms. The first-order valence-electron chi connectivity index (χ1n) is 4.17. The Morgan fingerprint density at radius 2 is 2.33 bits per heavy atom. The molecular weight excluding hydrogens is 150 g/mol. The Bertz CT molecular complexity index is 170. The molecule has 0 saturated carbocycles. The molecular formula is C9H19N3. The zero-order chi connectivity index (χ0) is 7.94. The number of aromatic nitrogens is 2. The Morgan fingerprint density at radius 1 is 1.50 bits per heavy atom. The summed E-state index contributed by atoms with van der Waals surface area (Å²) in [4.78, 5) is 0. The molecule has 3 nitrogen and oxygen atoms in total. The van der Waals surface area contributed by atoms with E-state index in [0.29, 0.717) is 0 Å². The normalized spacial score (nSPS) is 9.08. The summed E-state index contributed by atoms with van der Waals surface area (Å²) in [6.07, 6.45) is 5.60. The lowest BCUT2D eigenvalue weighted by atomic mass is 10.2. The molecule has 3 heteroatoms. The van der Waals surface area contributed by atoms with Crippen molar-refractivity contribution in [2.24, 2.45) is 0 Å². The number of rotatable bonds is 5. The van der Waals surface area contributed by atoms with Gasteiger partial charge in [-0.25, -0.2) is 0 Å². The van der Waals surface area contributed by atoms with Crippen LogP contribution < -0.4 is 5.32 Å². The lowest BCUT2D eigenvalue weighted by Crippen LogP contribution is -2.01. The van der Waals surface area contributed by atoms with E-state index in [9.17, 15) is 0 Å². The standard InChI is InChI=1S/C8H15N3.CH4/c1-2-3-4-6-9-8-5-7-10-11-8;/h5,7H,2-4,6H2,1H3,(H2,9,10,11);1H4. The van der Waals surface area contributed by atoms with Gasteiger partial charge in [0.25, 0.3) is 0 Å². The summed E-state index contributed by atoms with van der Waals surface area (Å²) >= 11 is 0. The second-order valence-corrected chi connectivity index (χ2v) is 2.59. The molecule has 12 heavy (non-hydrogen) atoms. The highest BCUT2D eigenvalue weighted by atomic mass is 15.2. The number of anilines is 1. The fourth-order valence-electron chi connectivity index (χ4n) is 0.950. The van der Waals surface area contributed by atoms with Crippen molar-refractivity contribution in [1.29, 1.82) is 0 Å². The number of unbranched alkanes of at least 4 members (excludes halogenated alkanes) is 2. The van der Waals surface area contributed by atoms with Gasteiger partial charge < -0.3 is 5.32 Å². The van der Waals surface area contributed by atoms with Gasteiger partial charge in [0.05, 0.1) is 0 Å². The highest BCUT2D eigenvalue weighted by molar-refractivity contribution is 5.31. The number of hydrogen-bond donors (Lipinski definition) is 2. The van der Waals surface area contributed by atoms with Crippen LogP contribution in [0.1, 0.15) is 33.6 Å². The third-order valence-electron chi connectivity index (χ3n) is 1.59. The molecule has 1 rings (SSSR count). The molecule has 0 aromatic carbocycles. The molecule has 0 spiro atoms. The monoisotopic (exact) mass is 169 g/mol. The van der Waals surface area contributed by atoms with Crippen LogP contribution in [0.15, 0.2) is 12.3 Å². The minimum atomic E-state index is 0. The molecule has 0 unspecified atom stereocenters. The van der Waals surface area contributed by atoms with Gasteiger partial charge in [-0.1, -0.05) is 27.2 Å². The van der Waals surface area contributed by atoms with Gasteiger partial charge in [0.15, 0.2) is 0 Å². The number of nitrogens with one attached hydrogen (secondary N) is 2. The number of H-pyrrole nitrogens is 1. The number of hydrogen-bond acceptors (Lipinski definition) is 2. The van der Waals surface area contributed by atoms with E-state index in [1.165, 1.54) is 19.3 Å². The Kier molecular flexibility index (Phi) is 6.15. The molecule has 0 atom stereocenters. The van der Waals surface area contributed by atoms with Gasteiger partial charge in [-0.3, -0.25) is 5.10 Å². The van der Waals surface area contributed by atoms with Crippen LogP contribution in [-0.4, -0.2) is 16.7 Å². The van der Waals surface area contributed by atoms with Gasteiger partial charge in [-0.2, -0.15) is 5.10 Å². The first-order valence-corrected chi connectivity index (χ1v) is 4.17. The fourth-order valence-corrected chi connectivity index (χ4v) is 0.950. The minimum Gasteiger partial charge on any atom is -0.369 e. The van der Waals surface area contributed by atoms with Crippen LogP contribution in [0.5, 0.6) is 0 Å². The predicted octanol–water partition coefficient (Wildman–Crippen LogP) is 2.65. The first-order chi connectivity index (χ1) is 5.43. The van der Waals surface area contributed by atoms with E-state index >= 15 is 0 Å². The van der Waals surface area contributed by atoms with E-state index in [2.05, 4.69) is 22.4 Å². The van der Waals surface area contributed by atoms with Crippen LogP contribution in [0.2, 0.25) is 0 Å². The summed E-state index contributed by atoms with van der Waals surface area (Å²) in [6, 6.07) is 1.94. The maximum absolute atomic E-state index is 3.98. The number of nitrogens with zero attached hydrogens (tertiary/aromatic N) is 1. The second-order valence-electron chi connectivity index (χ2n) is 2.59. The Morgan fingerprint density at radius 3 is 2.92 bits per heavy atom. The van der Waals surface area contributed by atoms with Crippen molar-refractivity contribution >= 4 is 5.82 Å². The zero-order valence-corrected chi connectivity index (χ0v) is 6.93. The van der Waals surface area contributed by atoms with Crippen molar-refractivity contribution in [2.75, 3.05) is 11.9 Å². The second kappa shape index (κ2) is 6.70. The average Bonchev–Trinajstić information content (AvgIpc) is 2.50. The summed E-state index contributed by atoms with van der Waals surface area (Å²) in [5, 5.41) is 9.95. The molecule has 70 valence electrons. The molecule has 1 heterocycles. The molecule has 0 radical (unpaired) electrons. The van der Waals surface area contributed by atoms with Crippen LogP contribution in [0.3, 0.4) is 0 Å². The molecule has 0 aliphatic carbocycles. The third-order valence-corrected chi connectivity index (χ3v) is 1.59. The minimum absolute atomic E-state index is 0. The summed E-state index contributed by atoms with van der Waals surface area (Å²) in [7, 11) is 0. The molecule has 0 aliphatic heterocycles. The summed E-state index contributed by atoms with van der Waals surface area (Å²) in [5.41, 5.74) is 0. The van der Waals surface area contributed by atoms with Crippen LogP contribution in [0.25, 0.3) is 0 Å². The van der Waals surface area contributed by atoms with Crippen molar-refractivity contribution < 1.29 is 0 Å². The van der Waals surface area contributed by atoms with Crippen molar-refractivity contribution in [3.63, 3.8) is 0 Å². The van der Waals surface area contributed by atoms with E-state index < -0.39 is 0 Å². The summed E-state index contributed by atoms with van der Waals surface area (Å²) < 4.78 is 0. The van der Waals surface area contributed by atoms with Crippen LogP contribution >= 0.6 is 0 Å². The lowest BCUT2D eigenvalue weighted by Gasteiger charge is -1.99. The van der Waals surface area contributed by atoms with E-state index in [1.807, 2.05) is 12.3 Å². The molecule has 2 N–H and O–H groups in total. The van der Waals surface area contributed by atoms with E-state index in [4.69, 9.17) is 0 Å².